The molecule has 0 N–H and O–H groups in total. The number of amides is 1. The van der Waals surface area contributed by atoms with Crippen molar-refractivity contribution >= 4 is 47.7 Å². The van der Waals surface area contributed by atoms with Crippen LogP contribution in [0.15, 0.2) is 48.5 Å². The van der Waals surface area contributed by atoms with Crippen LogP contribution in [0.5, 0.6) is 0 Å². The van der Waals surface area contributed by atoms with E-state index in [4.69, 9.17) is 22.8 Å². The molecule has 2 aromatic carbocycles. The molecular formula is C14H11Cl2N2OP. The van der Waals surface area contributed by atoms with Crippen LogP contribution in [-0.4, -0.2) is 13.0 Å². The SMILES string of the molecule is CN1c2ccccc2C(=O)N(c2ccccc2Cl)P1Cl. The predicted octanol–water partition coefficient (Wildman–Crippen LogP) is 4.90. The third-order valence-electron chi connectivity index (χ3n) is 3.17. The zero-order valence-corrected chi connectivity index (χ0v) is 13.0. The summed E-state index contributed by atoms with van der Waals surface area (Å²) in [6, 6.07) is 14.7. The van der Waals surface area contributed by atoms with Gasteiger partial charge in [-0.15, -0.1) is 0 Å². The lowest BCUT2D eigenvalue weighted by Gasteiger charge is -2.39. The molecule has 0 saturated heterocycles. The number of benzene rings is 2. The Kier molecular flexibility index (Phi) is 3.59. The van der Waals surface area contributed by atoms with Crippen molar-refractivity contribution in [3.8, 4) is 0 Å². The van der Waals surface area contributed by atoms with Crippen molar-refractivity contribution in [1.29, 1.82) is 0 Å². The number of hydrogen-bond acceptors (Lipinski definition) is 2. The van der Waals surface area contributed by atoms with Crippen LogP contribution < -0.4 is 9.34 Å². The van der Waals surface area contributed by atoms with Crippen molar-refractivity contribution in [1.82, 2.24) is 0 Å². The van der Waals surface area contributed by atoms with E-state index in [1.807, 2.05) is 42.0 Å². The number of carbonyl (C=O) groups excluding carboxylic acids is 1. The summed E-state index contributed by atoms with van der Waals surface area (Å²) in [7, 11) is 0.553. The van der Waals surface area contributed by atoms with Crippen LogP contribution in [0.4, 0.5) is 11.4 Å². The number of fused-ring (bicyclic) bond motifs is 1. The quantitative estimate of drug-likeness (QED) is 0.696. The predicted molar refractivity (Wildman–Crippen MR) is 85.9 cm³/mol. The van der Waals surface area contributed by atoms with Crippen molar-refractivity contribution in [3.63, 3.8) is 0 Å². The molecule has 1 amide bonds. The fraction of sp³-hybridized carbons (Fsp3) is 0.0714. The van der Waals surface area contributed by atoms with E-state index in [2.05, 4.69) is 0 Å². The van der Waals surface area contributed by atoms with Gasteiger partial charge in [-0.2, -0.15) is 0 Å². The van der Waals surface area contributed by atoms with Gasteiger partial charge in [0.1, 0.15) is 0 Å². The van der Waals surface area contributed by atoms with Crippen LogP contribution in [0.1, 0.15) is 10.4 Å². The Morgan fingerprint density at radius 3 is 2.30 bits per heavy atom. The molecule has 0 aromatic heterocycles. The average Bonchev–Trinajstić information content (AvgIpc) is 2.47. The summed E-state index contributed by atoms with van der Waals surface area (Å²) in [4.78, 5) is 12.7. The van der Waals surface area contributed by atoms with Gasteiger partial charge in [-0.1, -0.05) is 35.9 Å². The van der Waals surface area contributed by atoms with Gasteiger partial charge in [0.05, 0.1) is 22.0 Å². The molecule has 1 atom stereocenters. The number of hydrogen-bond donors (Lipinski definition) is 0. The van der Waals surface area contributed by atoms with Gasteiger partial charge in [0, 0.05) is 7.05 Å². The molecular weight excluding hydrogens is 314 g/mol. The maximum Gasteiger partial charge on any atom is 0.265 e. The number of rotatable bonds is 1. The van der Waals surface area contributed by atoms with E-state index >= 15 is 0 Å². The first kappa shape index (κ1) is 13.7. The van der Waals surface area contributed by atoms with Crippen LogP contribution in [0.25, 0.3) is 0 Å². The van der Waals surface area contributed by atoms with E-state index in [1.54, 1.807) is 22.9 Å². The number of halogens is 2. The monoisotopic (exact) mass is 324 g/mol. The van der Waals surface area contributed by atoms with Crippen molar-refractivity contribution in [2.24, 2.45) is 0 Å². The largest absolute Gasteiger partial charge is 0.323 e. The van der Waals surface area contributed by atoms with E-state index in [0.717, 1.165) is 5.69 Å². The summed E-state index contributed by atoms with van der Waals surface area (Å²) in [6.07, 6.45) is 0. The summed E-state index contributed by atoms with van der Waals surface area (Å²) in [5.41, 5.74) is 2.12. The van der Waals surface area contributed by atoms with Gasteiger partial charge in [0.15, 0.2) is 0 Å². The third kappa shape index (κ3) is 2.07. The molecule has 0 aliphatic carbocycles. The van der Waals surface area contributed by atoms with Gasteiger partial charge in [-0.3, -0.25) is 9.46 Å². The summed E-state index contributed by atoms with van der Waals surface area (Å²) in [5.74, 6) is -0.118. The van der Waals surface area contributed by atoms with E-state index in [1.165, 1.54) is 0 Å². The van der Waals surface area contributed by atoms with E-state index in [9.17, 15) is 4.79 Å². The van der Waals surface area contributed by atoms with E-state index < -0.39 is 7.58 Å². The first-order chi connectivity index (χ1) is 9.61. The normalized spacial score (nSPS) is 18.1. The minimum absolute atomic E-state index is 0.118. The van der Waals surface area contributed by atoms with Gasteiger partial charge < -0.3 is 4.67 Å². The lowest BCUT2D eigenvalue weighted by atomic mass is 10.1. The highest BCUT2D eigenvalue weighted by Crippen LogP contribution is 2.57. The van der Waals surface area contributed by atoms with Crippen LogP contribution in [0, 0.1) is 0 Å². The second kappa shape index (κ2) is 5.25. The summed E-state index contributed by atoms with van der Waals surface area (Å²) < 4.78 is 3.48. The minimum atomic E-state index is -1.33. The zero-order chi connectivity index (χ0) is 14.3. The zero-order valence-electron chi connectivity index (χ0n) is 10.6. The topological polar surface area (TPSA) is 23.6 Å². The van der Waals surface area contributed by atoms with E-state index in [0.29, 0.717) is 16.3 Å². The Morgan fingerprint density at radius 1 is 1.00 bits per heavy atom. The maximum absolute atomic E-state index is 12.7. The molecule has 102 valence electrons. The van der Waals surface area contributed by atoms with Crippen LogP contribution in [0.2, 0.25) is 5.02 Å². The highest BCUT2D eigenvalue weighted by atomic mass is 35.7. The highest BCUT2D eigenvalue weighted by Gasteiger charge is 2.37. The second-order valence-electron chi connectivity index (χ2n) is 4.35. The van der Waals surface area contributed by atoms with Gasteiger partial charge in [-0.25, -0.2) is 0 Å². The molecule has 1 unspecified atom stereocenters. The summed E-state index contributed by atoms with van der Waals surface area (Å²) in [5, 5.41) is 0.516. The molecule has 0 saturated carbocycles. The smallest absolute Gasteiger partial charge is 0.265 e. The van der Waals surface area contributed by atoms with Crippen molar-refractivity contribution in [3.05, 3.63) is 59.1 Å². The summed E-state index contributed by atoms with van der Waals surface area (Å²) in [6.45, 7) is 0. The highest BCUT2D eigenvalue weighted by molar-refractivity contribution is 7.87. The van der Waals surface area contributed by atoms with E-state index in [-0.39, 0.29) is 5.91 Å². The maximum atomic E-state index is 12.7. The molecule has 1 heterocycles. The second-order valence-corrected chi connectivity index (χ2v) is 7.15. The lowest BCUT2D eigenvalue weighted by Crippen LogP contribution is -2.35. The molecule has 1 aliphatic rings. The first-order valence-electron chi connectivity index (χ1n) is 5.98. The Bertz CT molecular complexity index is 680. The number of nitrogens with zero attached hydrogens (tertiary/aromatic N) is 2. The lowest BCUT2D eigenvalue weighted by molar-refractivity contribution is 0.101. The first-order valence-corrected chi connectivity index (χ1v) is 8.52. The molecule has 0 fully saturated rings. The molecule has 1 aliphatic heterocycles. The molecule has 6 heteroatoms. The molecule has 2 aromatic rings. The van der Waals surface area contributed by atoms with Gasteiger partial charge in [0.2, 0.25) is 7.58 Å². The third-order valence-corrected chi connectivity index (χ3v) is 6.06. The molecule has 20 heavy (non-hydrogen) atoms. The van der Waals surface area contributed by atoms with Crippen molar-refractivity contribution in [2.45, 2.75) is 0 Å². The van der Waals surface area contributed by atoms with Gasteiger partial charge >= 0.3 is 0 Å². The van der Waals surface area contributed by atoms with Crippen LogP contribution >= 0.6 is 30.4 Å². The molecule has 3 nitrogen and oxygen atoms in total. The number of carbonyl (C=O) groups is 1. The molecule has 0 bridgehead atoms. The van der Waals surface area contributed by atoms with Crippen molar-refractivity contribution in [2.75, 3.05) is 16.4 Å². The van der Waals surface area contributed by atoms with Crippen LogP contribution in [-0.2, 0) is 0 Å². The van der Waals surface area contributed by atoms with Gasteiger partial charge in [-0.05, 0) is 35.5 Å². The molecule has 3 rings (SSSR count). The Hall–Kier alpha value is -1.28. The fourth-order valence-corrected chi connectivity index (χ4v) is 4.37. The number of para-hydroxylation sites is 2. The standard InChI is InChI=1S/C14H11Cl2N2OP/c1-17-12-8-4-2-6-10(12)14(19)18(20(17)16)13-9-5-3-7-11(13)15/h2-9H,1H3. The fourth-order valence-electron chi connectivity index (χ4n) is 2.17. The Balaban J connectivity index is 2.15. The van der Waals surface area contributed by atoms with Crippen molar-refractivity contribution < 1.29 is 4.79 Å². The average molecular weight is 325 g/mol. The van der Waals surface area contributed by atoms with Gasteiger partial charge in [0.25, 0.3) is 5.91 Å². The Morgan fingerprint density at radius 2 is 1.60 bits per heavy atom. The van der Waals surface area contributed by atoms with Crippen LogP contribution in [0.3, 0.4) is 0 Å². The minimum Gasteiger partial charge on any atom is -0.323 e. The Labute approximate surface area is 128 Å². The number of anilines is 2. The molecule has 0 spiro atoms. The molecule has 0 radical (unpaired) electrons. The summed E-state index contributed by atoms with van der Waals surface area (Å²) >= 11 is 12.7.